The molecule has 2 fully saturated rings. The van der Waals surface area contributed by atoms with Crippen molar-refractivity contribution in [1.82, 2.24) is 9.62 Å². The van der Waals surface area contributed by atoms with Gasteiger partial charge >= 0.3 is 0 Å². The standard InChI is InChI=1S/C19H26N2O3S/c1-2-25(23,24)21-11-9-19(10-12-21)13-17(20-18(22)14-7-8-14)15-5-3-4-6-16(15)19/h3-6,14,17H,2,7-13H2,1H3,(H,20,22). The monoisotopic (exact) mass is 362 g/mol. The van der Waals surface area contributed by atoms with E-state index in [4.69, 9.17) is 0 Å². The van der Waals surface area contributed by atoms with Gasteiger partial charge in [0.05, 0.1) is 11.8 Å². The highest BCUT2D eigenvalue weighted by Crippen LogP contribution is 2.51. The Morgan fingerprint density at radius 3 is 2.56 bits per heavy atom. The Bertz CT molecular complexity index is 778. The highest BCUT2D eigenvalue weighted by molar-refractivity contribution is 7.89. The molecule has 1 spiro atoms. The topological polar surface area (TPSA) is 66.5 Å². The van der Waals surface area contributed by atoms with E-state index in [0.717, 1.165) is 32.1 Å². The third-order valence-electron chi connectivity index (χ3n) is 6.20. The fraction of sp³-hybridized carbons (Fsp3) is 0.632. The summed E-state index contributed by atoms with van der Waals surface area (Å²) in [5, 5.41) is 3.25. The molecule has 136 valence electrons. The summed E-state index contributed by atoms with van der Waals surface area (Å²) in [7, 11) is -3.12. The van der Waals surface area contributed by atoms with Crippen LogP contribution in [0.15, 0.2) is 24.3 Å². The Morgan fingerprint density at radius 2 is 1.92 bits per heavy atom. The van der Waals surface area contributed by atoms with Gasteiger partial charge in [0, 0.05) is 24.4 Å². The molecule has 0 radical (unpaired) electrons. The molecule has 1 saturated heterocycles. The first-order valence-corrected chi connectivity index (χ1v) is 10.9. The average Bonchev–Trinajstić information content (AvgIpc) is 3.43. The molecule has 1 N–H and O–H groups in total. The number of rotatable bonds is 4. The summed E-state index contributed by atoms with van der Waals surface area (Å²) in [4.78, 5) is 12.3. The molecule has 1 amide bonds. The van der Waals surface area contributed by atoms with Gasteiger partial charge in [-0.2, -0.15) is 0 Å². The van der Waals surface area contributed by atoms with Crippen molar-refractivity contribution in [1.29, 1.82) is 0 Å². The lowest BCUT2D eigenvalue weighted by atomic mass is 9.74. The summed E-state index contributed by atoms with van der Waals surface area (Å²) >= 11 is 0. The van der Waals surface area contributed by atoms with Crippen LogP contribution in [0.4, 0.5) is 0 Å². The van der Waals surface area contributed by atoms with Gasteiger partial charge in [-0.1, -0.05) is 24.3 Å². The summed E-state index contributed by atoms with van der Waals surface area (Å²) in [6.45, 7) is 2.86. The van der Waals surface area contributed by atoms with E-state index in [1.165, 1.54) is 11.1 Å². The van der Waals surface area contributed by atoms with Gasteiger partial charge < -0.3 is 5.32 Å². The van der Waals surface area contributed by atoms with E-state index in [9.17, 15) is 13.2 Å². The van der Waals surface area contributed by atoms with Crippen molar-refractivity contribution >= 4 is 15.9 Å². The predicted molar refractivity (Wildman–Crippen MR) is 96.6 cm³/mol. The summed E-state index contributed by atoms with van der Waals surface area (Å²) in [6, 6.07) is 8.45. The zero-order valence-corrected chi connectivity index (χ0v) is 15.5. The van der Waals surface area contributed by atoms with Crippen molar-refractivity contribution in [2.45, 2.75) is 50.5 Å². The normalized spacial score (nSPS) is 25.7. The molecule has 6 heteroatoms. The SMILES string of the molecule is CCS(=O)(=O)N1CCC2(CC1)CC(NC(=O)C1CC1)c1ccccc12. The molecule has 0 aromatic heterocycles. The van der Waals surface area contributed by atoms with Gasteiger partial charge in [0.15, 0.2) is 0 Å². The maximum Gasteiger partial charge on any atom is 0.223 e. The predicted octanol–water partition coefficient (Wildman–Crippen LogP) is 2.34. The Hall–Kier alpha value is -1.40. The number of nitrogens with one attached hydrogen (secondary N) is 1. The van der Waals surface area contributed by atoms with E-state index in [1.54, 1.807) is 11.2 Å². The lowest BCUT2D eigenvalue weighted by Gasteiger charge is -2.39. The quantitative estimate of drug-likeness (QED) is 0.894. The average molecular weight is 362 g/mol. The number of piperidine rings is 1. The van der Waals surface area contributed by atoms with Crippen LogP contribution in [0.5, 0.6) is 0 Å². The van der Waals surface area contributed by atoms with Gasteiger partial charge in [-0.3, -0.25) is 4.79 Å². The number of amides is 1. The number of hydrogen-bond acceptors (Lipinski definition) is 3. The number of sulfonamides is 1. The molecule has 1 atom stereocenters. The van der Waals surface area contributed by atoms with E-state index < -0.39 is 10.0 Å². The van der Waals surface area contributed by atoms with Crippen LogP contribution in [0.3, 0.4) is 0 Å². The summed E-state index contributed by atoms with van der Waals surface area (Å²) in [6.07, 6.45) is 4.58. The summed E-state index contributed by atoms with van der Waals surface area (Å²) < 4.78 is 26.0. The summed E-state index contributed by atoms with van der Waals surface area (Å²) in [5.41, 5.74) is 2.53. The van der Waals surface area contributed by atoms with E-state index in [1.807, 2.05) is 6.07 Å². The molecule has 5 nitrogen and oxygen atoms in total. The molecule has 0 bridgehead atoms. The molecular formula is C19H26N2O3S. The number of fused-ring (bicyclic) bond motifs is 2. The Labute approximate surface area is 149 Å². The lowest BCUT2D eigenvalue weighted by molar-refractivity contribution is -0.123. The van der Waals surface area contributed by atoms with Crippen molar-refractivity contribution in [3.8, 4) is 0 Å². The fourth-order valence-corrected chi connectivity index (χ4v) is 5.61. The number of hydrogen-bond donors (Lipinski definition) is 1. The maximum absolute atomic E-state index is 12.3. The third kappa shape index (κ3) is 2.99. The molecule has 3 aliphatic rings. The van der Waals surface area contributed by atoms with Crippen LogP contribution in [0.1, 0.15) is 56.2 Å². The second-order valence-corrected chi connectivity index (χ2v) is 9.96. The number of benzene rings is 1. The van der Waals surface area contributed by atoms with Crippen LogP contribution in [-0.2, 0) is 20.2 Å². The van der Waals surface area contributed by atoms with Gasteiger partial charge in [0.1, 0.15) is 0 Å². The van der Waals surface area contributed by atoms with Gasteiger partial charge in [-0.15, -0.1) is 0 Å². The third-order valence-corrected chi connectivity index (χ3v) is 8.09. The molecular weight excluding hydrogens is 336 g/mol. The van der Waals surface area contributed by atoms with Crippen molar-refractivity contribution < 1.29 is 13.2 Å². The number of carbonyl (C=O) groups excluding carboxylic acids is 1. The first-order valence-electron chi connectivity index (χ1n) is 9.33. The highest BCUT2D eigenvalue weighted by Gasteiger charge is 2.47. The highest BCUT2D eigenvalue weighted by atomic mass is 32.2. The molecule has 25 heavy (non-hydrogen) atoms. The Balaban J connectivity index is 1.56. The van der Waals surface area contributed by atoms with Crippen LogP contribution < -0.4 is 5.32 Å². The molecule has 1 unspecified atom stereocenters. The zero-order chi connectivity index (χ0) is 17.7. The second kappa shape index (κ2) is 6.09. The van der Waals surface area contributed by atoms with Crippen molar-refractivity contribution in [2.24, 2.45) is 5.92 Å². The van der Waals surface area contributed by atoms with E-state index in [-0.39, 0.29) is 29.0 Å². The van der Waals surface area contributed by atoms with Crippen LogP contribution in [-0.4, -0.2) is 37.5 Å². The molecule has 1 heterocycles. The van der Waals surface area contributed by atoms with Crippen LogP contribution >= 0.6 is 0 Å². The van der Waals surface area contributed by atoms with Gasteiger partial charge in [0.25, 0.3) is 0 Å². The van der Waals surface area contributed by atoms with Gasteiger partial charge in [-0.05, 0) is 50.2 Å². The molecule has 1 saturated carbocycles. The molecule has 4 rings (SSSR count). The molecule has 1 aromatic carbocycles. The van der Waals surface area contributed by atoms with Crippen LogP contribution in [0.25, 0.3) is 0 Å². The number of carbonyl (C=O) groups is 1. The Kier molecular flexibility index (Phi) is 4.15. The van der Waals surface area contributed by atoms with Crippen molar-refractivity contribution in [3.63, 3.8) is 0 Å². The maximum atomic E-state index is 12.3. The second-order valence-electron chi connectivity index (χ2n) is 7.71. The molecule has 2 aliphatic carbocycles. The van der Waals surface area contributed by atoms with Crippen LogP contribution in [0.2, 0.25) is 0 Å². The lowest BCUT2D eigenvalue weighted by Crippen LogP contribution is -2.45. The summed E-state index contributed by atoms with van der Waals surface area (Å²) in [5.74, 6) is 0.555. The fourth-order valence-electron chi connectivity index (χ4n) is 4.51. The number of nitrogens with zero attached hydrogens (tertiary/aromatic N) is 1. The van der Waals surface area contributed by atoms with Gasteiger partial charge in [-0.25, -0.2) is 12.7 Å². The molecule has 1 aliphatic heterocycles. The minimum Gasteiger partial charge on any atom is -0.349 e. The molecule has 1 aromatic rings. The van der Waals surface area contributed by atoms with E-state index >= 15 is 0 Å². The minimum atomic E-state index is -3.12. The van der Waals surface area contributed by atoms with Crippen molar-refractivity contribution in [3.05, 3.63) is 35.4 Å². The largest absolute Gasteiger partial charge is 0.349 e. The van der Waals surface area contributed by atoms with Crippen molar-refractivity contribution in [2.75, 3.05) is 18.8 Å². The Morgan fingerprint density at radius 1 is 1.24 bits per heavy atom. The first-order chi connectivity index (χ1) is 12.0. The first kappa shape index (κ1) is 17.0. The smallest absolute Gasteiger partial charge is 0.223 e. The van der Waals surface area contributed by atoms with Crippen LogP contribution in [0, 0.1) is 5.92 Å². The minimum absolute atomic E-state index is 0.00213. The zero-order valence-electron chi connectivity index (χ0n) is 14.7. The van der Waals surface area contributed by atoms with E-state index in [2.05, 4.69) is 23.5 Å². The van der Waals surface area contributed by atoms with Gasteiger partial charge in [0.2, 0.25) is 15.9 Å². The van der Waals surface area contributed by atoms with E-state index in [0.29, 0.717) is 13.1 Å².